The Bertz CT molecular complexity index is 825. The van der Waals surface area contributed by atoms with E-state index in [0.29, 0.717) is 12.1 Å². The van der Waals surface area contributed by atoms with Crippen LogP contribution >= 0.6 is 0 Å². The largest absolute Gasteiger partial charge is 0.342 e. The lowest BCUT2D eigenvalue weighted by Crippen LogP contribution is -1.99. The average Bonchev–Trinajstić information content (AvgIpc) is 2.88. The number of carbonyl (C=O) groups excluding carboxylic acids is 1. The maximum absolute atomic E-state index is 12.1. The van der Waals surface area contributed by atoms with Crippen molar-refractivity contribution in [1.29, 1.82) is 5.26 Å². The van der Waals surface area contributed by atoms with E-state index in [-0.39, 0.29) is 12.2 Å². The second-order valence-corrected chi connectivity index (χ2v) is 4.93. The number of fused-ring (bicyclic) bond motifs is 1. The third-order valence-electron chi connectivity index (χ3n) is 3.52. The fourth-order valence-corrected chi connectivity index (χ4v) is 2.55. The molecule has 0 saturated heterocycles. The summed E-state index contributed by atoms with van der Waals surface area (Å²) in [6.07, 6.45) is 1.77. The van der Waals surface area contributed by atoms with Gasteiger partial charge in [-0.05, 0) is 11.6 Å². The standard InChI is InChI=1S/C18H14N2O/c19-11-10-18(21)16-13-20(12-14-6-2-1-3-7-14)17-9-5-4-8-15(16)17/h1-9,13H,10,12H2. The van der Waals surface area contributed by atoms with Gasteiger partial charge in [0.25, 0.3) is 0 Å². The molecular weight excluding hydrogens is 260 g/mol. The van der Waals surface area contributed by atoms with E-state index in [1.165, 1.54) is 5.56 Å². The Kier molecular flexibility index (Phi) is 3.53. The molecule has 3 aromatic rings. The van der Waals surface area contributed by atoms with E-state index < -0.39 is 0 Å². The Morgan fingerprint density at radius 3 is 2.52 bits per heavy atom. The molecule has 0 amide bonds. The molecule has 0 spiro atoms. The second-order valence-electron chi connectivity index (χ2n) is 4.93. The molecule has 0 saturated carbocycles. The van der Waals surface area contributed by atoms with E-state index in [1.54, 1.807) is 0 Å². The number of para-hydroxylation sites is 1. The van der Waals surface area contributed by atoms with Crippen LogP contribution in [0.2, 0.25) is 0 Å². The summed E-state index contributed by atoms with van der Waals surface area (Å²) < 4.78 is 2.06. The molecule has 2 aromatic carbocycles. The monoisotopic (exact) mass is 274 g/mol. The molecule has 0 radical (unpaired) electrons. The van der Waals surface area contributed by atoms with E-state index in [2.05, 4.69) is 16.7 Å². The summed E-state index contributed by atoms with van der Waals surface area (Å²) in [5.41, 5.74) is 2.82. The highest BCUT2D eigenvalue weighted by Crippen LogP contribution is 2.23. The third kappa shape index (κ3) is 2.56. The van der Waals surface area contributed by atoms with Crippen molar-refractivity contribution in [2.45, 2.75) is 13.0 Å². The quantitative estimate of drug-likeness (QED) is 0.679. The molecule has 102 valence electrons. The molecule has 0 N–H and O–H groups in total. The lowest BCUT2D eigenvalue weighted by molar-refractivity contribution is 0.0999. The molecule has 21 heavy (non-hydrogen) atoms. The first-order valence-electron chi connectivity index (χ1n) is 6.81. The van der Waals surface area contributed by atoms with Gasteiger partial charge >= 0.3 is 0 Å². The molecule has 3 nitrogen and oxygen atoms in total. The van der Waals surface area contributed by atoms with Crippen molar-refractivity contribution in [2.75, 3.05) is 0 Å². The van der Waals surface area contributed by atoms with Crippen LogP contribution in [0.3, 0.4) is 0 Å². The summed E-state index contributed by atoms with van der Waals surface area (Å²) in [5, 5.41) is 9.65. The van der Waals surface area contributed by atoms with Crippen LogP contribution < -0.4 is 0 Å². The minimum atomic E-state index is -0.125. The summed E-state index contributed by atoms with van der Waals surface area (Å²) in [6.45, 7) is 0.710. The lowest BCUT2D eigenvalue weighted by Gasteiger charge is -2.05. The van der Waals surface area contributed by atoms with Crippen LogP contribution in [0.1, 0.15) is 22.3 Å². The number of aromatic nitrogens is 1. The zero-order valence-corrected chi connectivity index (χ0v) is 11.5. The maximum atomic E-state index is 12.1. The average molecular weight is 274 g/mol. The molecule has 3 heteroatoms. The van der Waals surface area contributed by atoms with Gasteiger partial charge in [0.05, 0.1) is 12.5 Å². The van der Waals surface area contributed by atoms with Gasteiger partial charge < -0.3 is 4.57 Å². The predicted octanol–water partition coefficient (Wildman–Crippen LogP) is 3.79. The summed E-state index contributed by atoms with van der Waals surface area (Å²) >= 11 is 0. The van der Waals surface area contributed by atoms with E-state index in [9.17, 15) is 4.79 Å². The molecule has 0 aliphatic heterocycles. The number of rotatable bonds is 4. The summed E-state index contributed by atoms with van der Waals surface area (Å²) in [7, 11) is 0. The fraction of sp³-hybridized carbons (Fsp3) is 0.111. The Hall–Kier alpha value is -2.86. The van der Waals surface area contributed by atoms with Crippen molar-refractivity contribution in [3.05, 3.63) is 71.9 Å². The fourth-order valence-electron chi connectivity index (χ4n) is 2.55. The first kappa shape index (κ1) is 13.1. The van der Waals surface area contributed by atoms with E-state index in [4.69, 9.17) is 5.26 Å². The first-order valence-corrected chi connectivity index (χ1v) is 6.81. The predicted molar refractivity (Wildman–Crippen MR) is 82.0 cm³/mol. The minimum Gasteiger partial charge on any atom is -0.342 e. The number of ketones is 1. The third-order valence-corrected chi connectivity index (χ3v) is 3.52. The van der Waals surface area contributed by atoms with Crippen molar-refractivity contribution in [3.8, 4) is 6.07 Å². The topological polar surface area (TPSA) is 45.8 Å². The molecule has 0 aliphatic rings. The first-order chi connectivity index (χ1) is 10.3. The Balaban J connectivity index is 2.07. The SMILES string of the molecule is N#CCC(=O)c1cn(Cc2ccccc2)c2ccccc12. The van der Waals surface area contributed by atoms with E-state index in [0.717, 1.165) is 10.9 Å². The zero-order valence-electron chi connectivity index (χ0n) is 11.5. The van der Waals surface area contributed by atoms with Gasteiger partial charge in [0.1, 0.15) is 0 Å². The van der Waals surface area contributed by atoms with Crippen molar-refractivity contribution < 1.29 is 4.79 Å². The summed E-state index contributed by atoms with van der Waals surface area (Å²) in [6, 6.07) is 19.9. The van der Waals surface area contributed by atoms with Crippen LogP contribution in [0.4, 0.5) is 0 Å². The smallest absolute Gasteiger partial charge is 0.179 e. The molecule has 1 aromatic heterocycles. The number of hydrogen-bond donors (Lipinski definition) is 0. The highest BCUT2D eigenvalue weighted by atomic mass is 16.1. The molecule has 0 bridgehead atoms. The number of Topliss-reactive ketones (excluding diaryl/α,β-unsaturated/α-hetero) is 1. The van der Waals surface area contributed by atoms with Gasteiger partial charge in [-0.25, -0.2) is 0 Å². The van der Waals surface area contributed by atoms with Crippen molar-refractivity contribution in [2.24, 2.45) is 0 Å². The van der Waals surface area contributed by atoms with Crippen molar-refractivity contribution in [1.82, 2.24) is 4.57 Å². The number of hydrogen-bond acceptors (Lipinski definition) is 2. The van der Waals surface area contributed by atoms with Crippen LogP contribution in [0.5, 0.6) is 0 Å². The molecule has 1 heterocycles. The van der Waals surface area contributed by atoms with Gasteiger partial charge in [-0.3, -0.25) is 4.79 Å². The maximum Gasteiger partial charge on any atom is 0.179 e. The Morgan fingerprint density at radius 1 is 1.05 bits per heavy atom. The van der Waals surface area contributed by atoms with Crippen molar-refractivity contribution >= 4 is 16.7 Å². The van der Waals surface area contributed by atoms with Gasteiger partial charge in [-0.2, -0.15) is 5.26 Å². The second kappa shape index (κ2) is 5.64. The van der Waals surface area contributed by atoms with Crippen LogP contribution in [0, 0.1) is 11.3 Å². The summed E-state index contributed by atoms with van der Waals surface area (Å²) in [4.78, 5) is 12.1. The Morgan fingerprint density at radius 2 is 1.76 bits per heavy atom. The molecule has 0 fully saturated rings. The molecular formula is C18H14N2O. The molecule has 0 atom stereocenters. The number of carbonyl (C=O) groups is 1. The molecule has 3 rings (SSSR count). The highest BCUT2D eigenvalue weighted by molar-refractivity contribution is 6.08. The highest BCUT2D eigenvalue weighted by Gasteiger charge is 2.14. The van der Waals surface area contributed by atoms with E-state index in [1.807, 2.05) is 54.7 Å². The van der Waals surface area contributed by atoms with Gasteiger partial charge in [-0.15, -0.1) is 0 Å². The van der Waals surface area contributed by atoms with Crippen LogP contribution in [-0.2, 0) is 6.54 Å². The van der Waals surface area contributed by atoms with Gasteiger partial charge in [0.2, 0.25) is 0 Å². The van der Waals surface area contributed by atoms with Crippen molar-refractivity contribution in [3.63, 3.8) is 0 Å². The number of nitrogens with zero attached hydrogens (tertiary/aromatic N) is 2. The minimum absolute atomic E-state index is 0.0840. The lowest BCUT2D eigenvalue weighted by atomic mass is 10.1. The van der Waals surface area contributed by atoms with Gasteiger partial charge in [0.15, 0.2) is 5.78 Å². The Labute approximate surface area is 123 Å². The van der Waals surface area contributed by atoms with Crippen LogP contribution in [0.15, 0.2) is 60.8 Å². The van der Waals surface area contributed by atoms with Gasteiger partial charge in [-0.1, -0.05) is 48.5 Å². The molecule has 0 aliphatic carbocycles. The number of benzene rings is 2. The number of nitriles is 1. The van der Waals surface area contributed by atoms with Crippen LogP contribution in [0.25, 0.3) is 10.9 Å². The zero-order chi connectivity index (χ0) is 14.7. The summed E-state index contributed by atoms with van der Waals surface area (Å²) in [5.74, 6) is -0.125. The van der Waals surface area contributed by atoms with E-state index >= 15 is 0 Å². The normalized spacial score (nSPS) is 10.4. The van der Waals surface area contributed by atoms with Gasteiger partial charge in [0, 0.05) is 29.2 Å². The molecule has 0 unspecified atom stereocenters. The van der Waals surface area contributed by atoms with Crippen LogP contribution in [-0.4, -0.2) is 10.4 Å².